The molecule has 1 heterocycles. The highest BCUT2D eigenvalue weighted by molar-refractivity contribution is 5.92. The van der Waals surface area contributed by atoms with Crippen molar-refractivity contribution >= 4 is 28.1 Å². The van der Waals surface area contributed by atoms with E-state index in [1.165, 1.54) is 12.1 Å². The second-order valence-corrected chi connectivity index (χ2v) is 6.05. The van der Waals surface area contributed by atoms with Crippen LogP contribution in [0, 0.1) is 10.1 Å². The zero-order valence-corrected chi connectivity index (χ0v) is 15.0. The number of hydrogen-bond donors (Lipinski definition) is 1. The Morgan fingerprint density at radius 2 is 1.75 bits per heavy atom. The normalized spacial score (nSPS) is 10.6. The Morgan fingerprint density at radius 3 is 2.57 bits per heavy atom. The summed E-state index contributed by atoms with van der Waals surface area (Å²) in [5.74, 6) is 1.73. The lowest BCUT2D eigenvalue weighted by atomic mass is 10.1. The highest BCUT2D eigenvalue weighted by Gasteiger charge is 2.14. The van der Waals surface area contributed by atoms with E-state index in [1.807, 2.05) is 48.5 Å². The third kappa shape index (κ3) is 3.33. The Labute approximate surface area is 160 Å². The number of anilines is 2. The molecule has 0 aliphatic rings. The minimum atomic E-state index is -0.427. The lowest BCUT2D eigenvalue weighted by Crippen LogP contribution is -2.00. The van der Waals surface area contributed by atoms with Crippen LogP contribution in [0.1, 0.15) is 0 Å². The minimum Gasteiger partial charge on any atom is -0.496 e. The molecule has 0 bridgehead atoms. The highest BCUT2D eigenvalue weighted by atomic mass is 16.6. The van der Waals surface area contributed by atoms with E-state index >= 15 is 0 Å². The van der Waals surface area contributed by atoms with Gasteiger partial charge in [0.25, 0.3) is 5.69 Å². The number of aromatic nitrogens is 2. The zero-order valence-electron chi connectivity index (χ0n) is 15.0. The monoisotopic (exact) mass is 372 g/mol. The predicted octanol–water partition coefficient (Wildman–Crippen LogP) is 4.96. The summed E-state index contributed by atoms with van der Waals surface area (Å²) >= 11 is 0. The van der Waals surface area contributed by atoms with Crippen LogP contribution in [0.5, 0.6) is 5.75 Å². The fourth-order valence-corrected chi connectivity index (χ4v) is 2.96. The lowest BCUT2D eigenvalue weighted by Gasteiger charge is -2.12. The molecular formula is C21H16N4O3. The van der Waals surface area contributed by atoms with Gasteiger partial charge in [0.05, 0.1) is 23.1 Å². The van der Waals surface area contributed by atoms with Gasteiger partial charge in [-0.1, -0.05) is 30.3 Å². The Morgan fingerprint density at radius 1 is 0.964 bits per heavy atom. The molecule has 1 aromatic heterocycles. The van der Waals surface area contributed by atoms with Crippen molar-refractivity contribution in [3.8, 4) is 17.1 Å². The van der Waals surface area contributed by atoms with Crippen molar-refractivity contribution in [2.75, 3.05) is 12.4 Å². The molecule has 0 unspecified atom stereocenters. The molecule has 4 aromatic rings. The molecule has 7 nitrogen and oxygen atoms in total. The Kier molecular flexibility index (Phi) is 4.55. The highest BCUT2D eigenvalue weighted by Crippen LogP contribution is 2.32. The molecule has 0 saturated heterocycles. The van der Waals surface area contributed by atoms with Gasteiger partial charge in [-0.25, -0.2) is 9.97 Å². The van der Waals surface area contributed by atoms with Crippen LogP contribution in [0.15, 0.2) is 72.8 Å². The van der Waals surface area contributed by atoms with Gasteiger partial charge in [0, 0.05) is 23.2 Å². The molecule has 0 radical (unpaired) electrons. The second-order valence-electron chi connectivity index (χ2n) is 6.05. The van der Waals surface area contributed by atoms with Gasteiger partial charge in [0.15, 0.2) is 5.82 Å². The number of non-ortho nitro benzene ring substituents is 1. The molecule has 28 heavy (non-hydrogen) atoms. The second kappa shape index (κ2) is 7.32. The number of benzene rings is 3. The van der Waals surface area contributed by atoms with Crippen molar-refractivity contribution in [3.63, 3.8) is 0 Å². The first kappa shape index (κ1) is 17.4. The Bertz CT molecular complexity index is 1180. The average molecular weight is 372 g/mol. The molecule has 138 valence electrons. The van der Waals surface area contributed by atoms with Crippen molar-refractivity contribution < 1.29 is 9.66 Å². The molecule has 0 aliphatic heterocycles. The van der Waals surface area contributed by atoms with Gasteiger partial charge >= 0.3 is 0 Å². The van der Waals surface area contributed by atoms with Gasteiger partial charge in [0.1, 0.15) is 11.6 Å². The summed E-state index contributed by atoms with van der Waals surface area (Å²) in [6, 6.07) is 21.4. The van der Waals surface area contributed by atoms with Crippen LogP contribution >= 0.6 is 0 Å². The number of ether oxygens (including phenoxy) is 1. The fraction of sp³-hybridized carbons (Fsp3) is 0.0476. The van der Waals surface area contributed by atoms with E-state index in [1.54, 1.807) is 19.2 Å². The SMILES string of the molecule is COc1ccccc1-c1nc(Nc2cccc([N+](=O)[O-])c2)c2ccccc2n1. The molecule has 0 spiro atoms. The Hall–Kier alpha value is -4.00. The summed E-state index contributed by atoms with van der Waals surface area (Å²) in [7, 11) is 1.60. The summed E-state index contributed by atoms with van der Waals surface area (Å²) in [4.78, 5) is 20.0. The first-order chi connectivity index (χ1) is 13.7. The van der Waals surface area contributed by atoms with Crippen molar-refractivity contribution in [2.24, 2.45) is 0 Å². The number of hydrogen-bond acceptors (Lipinski definition) is 6. The van der Waals surface area contributed by atoms with E-state index in [-0.39, 0.29) is 5.69 Å². The molecule has 0 saturated carbocycles. The van der Waals surface area contributed by atoms with Crippen LogP contribution in [0.25, 0.3) is 22.3 Å². The third-order valence-corrected chi connectivity index (χ3v) is 4.27. The summed E-state index contributed by atoms with van der Waals surface area (Å²) in [6.45, 7) is 0. The summed E-state index contributed by atoms with van der Waals surface area (Å²) < 4.78 is 5.44. The first-order valence-electron chi connectivity index (χ1n) is 8.57. The molecule has 7 heteroatoms. The molecule has 1 N–H and O–H groups in total. The molecule has 0 fully saturated rings. The zero-order chi connectivity index (χ0) is 19.5. The number of rotatable bonds is 5. The quantitative estimate of drug-likeness (QED) is 0.393. The molecule has 0 aliphatic carbocycles. The lowest BCUT2D eigenvalue weighted by molar-refractivity contribution is -0.384. The predicted molar refractivity (Wildman–Crippen MR) is 108 cm³/mol. The van der Waals surface area contributed by atoms with Crippen LogP contribution in [-0.2, 0) is 0 Å². The largest absolute Gasteiger partial charge is 0.496 e. The van der Waals surface area contributed by atoms with Crippen molar-refractivity contribution in [3.05, 3.63) is 82.9 Å². The maximum absolute atomic E-state index is 11.1. The number of nitro benzene ring substituents is 1. The van der Waals surface area contributed by atoms with Crippen LogP contribution < -0.4 is 10.1 Å². The van der Waals surface area contributed by atoms with Gasteiger partial charge in [-0.15, -0.1) is 0 Å². The molecule has 0 amide bonds. The average Bonchev–Trinajstić information content (AvgIpc) is 2.73. The van der Waals surface area contributed by atoms with Gasteiger partial charge in [0.2, 0.25) is 0 Å². The van der Waals surface area contributed by atoms with Crippen LogP contribution in [0.2, 0.25) is 0 Å². The van der Waals surface area contributed by atoms with E-state index in [0.717, 1.165) is 16.5 Å². The topological polar surface area (TPSA) is 90.2 Å². The number of fused-ring (bicyclic) bond motifs is 1. The number of nitro groups is 1. The van der Waals surface area contributed by atoms with E-state index in [2.05, 4.69) is 15.3 Å². The maximum atomic E-state index is 11.1. The van der Waals surface area contributed by atoms with Gasteiger partial charge in [-0.2, -0.15) is 0 Å². The van der Waals surface area contributed by atoms with Gasteiger partial charge in [-0.3, -0.25) is 10.1 Å². The van der Waals surface area contributed by atoms with Crippen LogP contribution in [0.4, 0.5) is 17.2 Å². The van der Waals surface area contributed by atoms with Crippen LogP contribution in [-0.4, -0.2) is 22.0 Å². The van der Waals surface area contributed by atoms with Crippen molar-refractivity contribution in [1.29, 1.82) is 0 Å². The molecule has 4 rings (SSSR count). The number of nitrogens with zero attached hydrogens (tertiary/aromatic N) is 3. The summed E-state index contributed by atoms with van der Waals surface area (Å²) in [5.41, 5.74) is 2.10. The van der Waals surface area contributed by atoms with E-state index in [0.29, 0.717) is 23.1 Å². The first-order valence-corrected chi connectivity index (χ1v) is 8.57. The van der Waals surface area contributed by atoms with E-state index < -0.39 is 4.92 Å². The molecule has 0 atom stereocenters. The van der Waals surface area contributed by atoms with Crippen LogP contribution in [0.3, 0.4) is 0 Å². The smallest absolute Gasteiger partial charge is 0.271 e. The van der Waals surface area contributed by atoms with Crippen molar-refractivity contribution in [2.45, 2.75) is 0 Å². The summed E-state index contributed by atoms with van der Waals surface area (Å²) in [5, 5.41) is 15.1. The van der Waals surface area contributed by atoms with Gasteiger partial charge < -0.3 is 10.1 Å². The number of methoxy groups -OCH3 is 1. The van der Waals surface area contributed by atoms with Crippen molar-refractivity contribution in [1.82, 2.24) is 9.97 Å². The fourth-order valence-electron chi connectivity index (χ4n) is 2.96. The number of para-hydroxylation sites is 2. The molecule has 3 aromatic carbocycles. The van der Waals surface area contributed by atoms with E-state index in [4.69, 9.17) is 4.74 Å². The standard InChI is InChI=1S/C21H16N4O3/c1-28-19-12-5-3-10-17(19)21-23-18-11-4-2-9-16(18)20(24-21)22-14-7-6-8-15(13-14)25(26)27/h2-13H,1H3,(H,22,23,24). The van der Waals surface area contributed by atoms with Gasteiger partial charge in [-0.05, 0) is 30.3 Å². The maximum Gasteiger partial charge on any atom is 0.271 e. The minimum absolute atomic E-state index is 0.00770. The van der Waals surface area contributed by atoms with E-state index in [9.17, 15) is 10.1 Å². The molecular weight excluding hydrogens is 356 g/mol. The third-order valence-electron chi connectivity index (χ3n) is 4.27. The Balaban J connectivity index is 1.86. The number of nitrogens with one attached hydrogen (secondary N) is 1. The summed E-state index contributed by atoms with van der Waals surface area (Å²) in [6.07, 6.45) is 0.